The number of carbonyl (C=O) groups is 2. The highest BCUT2D eigenvalue weighted by molar-refractivity contribution is 8.01. The van der Waals surface area contributed by atoms with Crippen molar-refractivity contribution in [2.24, 2.45) is 5.92 Å². The fourth-order valence-electron chi connectivity index (χ4n) is 5.79. The van der Waals surface area contributed by atoms with Gasteiger partial charge in [0.2, 0.25) is 5.91 Å². The van der Waals surface area contributed by atoms with Crippen molar-refractivity contribution in [3.63, 3.8) is 0 Å². The number of hydrogen-bond donors (Lipinski definition) is 3. The summed E-state index contributed by atoms with van der Waals surface area (Å²) in [4.78, 5) is 27.8. The zero-order valence-electron chi connectivity index (χ0n) is 26.6. The monoisotopic (exact) mass is 682 g/mol. The minimum atomic E-state index is -0.901. The van der Waals surface area contributed by atoms with Gasteiger partial charge in [0, 0.05) is 36.6 Å². The lowest BCUT2D eigenvalue weighted by atomic mass is 9.91. The second-order valence-electron chi connectivity index (χ2n) is 11.9. The maximum absolute atomic E-state index is 12.2. The fourth-order valence-corrected chi connectivity index (χ4v) is 8.05. The highest BCUT2D eigenvalue weighted by Gasteiger charge is 2.38. The van der Waals surface area contributed by atoms with E-state index in [1.165, 1.54) is 4.70 Å². The first kappa shape index (κ1) is 33.8. The summed E-state index contributed by atoms with van der Waals surface area (Å²) in [6.07, 6.45) is -0.461. The molecule has 4 unspecified atom stereocenters. The van der Waals surface area contributed by atoms with Gasteiger partial charge in [0.05, 0.1) is 29.0 Å². The Bertz CT molecular complexity index is 1830. The number of thiazole rings is 1. The van der Waals surface area contributed by atoms with Crippen LogP contribution in [0.15, 0.2) is 101 Å². The molecular formula is C38H38N2O6S2. The van der Waals surface area contributed by atoms with E-state index in [9.17, 15) is 14.7 Å². The molecule has 1 aromatic heterocycles. The average Bonchev–Trinajstić information content (AvgIpc) is 3.53. The zero-order valence-corrected chi connectivity index (χ0v) is 28.2. The second kappa shape index (κ2) is 15.9. The number of hydrogen-bond acceptors (Lipinski definition) is 8. The SMILES string of the molecule is CC1C(CSc2nc3ccccc3s2)OC(c2cccc(-c3cccc(CNC(=O)CCCC(=O)O)c3)c2)OC1c1ccc(CO)cc1. The number of benzene rings is 4. The molecule has 0 aliphatic carbocycles. The van der Waals surface area contributed by atoms with Crippen molar-refractivity contribution >= 4 is 45.2 Å². The Labute approximate surface area is 288 Å². The van der Waals surface area contributed by atoms with Gasteiger partial charge in [-0.05, 0) is 58.5 Å². The lowest BCUT2D eigenvalue weighted by Crippen LogP contribution is -2.38. The number of fused-ring (bicyclic) bond motifs is 1. The molecule has 48 heavy (non-hydrogen) atoms. The van der Waals surface area contributed by atoms with Gasteiger partial charge in [-0.15, -0.1) is 11.3 Å². The van der Waals surface area contributed by atoms with Crippen molar-refractivity contribution in [1.82, 2.24) is 10.3 Å². The molecule has 8 nitrogen and oxygen atoms in total. The van der Waals surface area contributed by atoms with Gasteiger partial charge in [-0.3, -0.25) is 9.59 Å². The maximum atomic E-state index is 12.2. The third kappa shape index (κ3) is 8.50. The molecule has 5 aromatic rings. The van der Waals surface area contributed by atoms with E-state index in [0.29, 0.717) is 13.0 Å². The van der Waals surface area contributed by atoms with Gasteiger partial charge < -0.3 is 25.0 Å². The highest BCUT2D eigenvalue weighted by Crippen LogP contribution is 2.44. The summed E-state index contributed by atoms with van der Waals surface area (Å²) in [6.45, 7) is 2.51. The van der Waals surface area contributed by atoms with Gasteiger partial charge in [-0.1, -0.05) is 91.5 Å². The molecule has 2 heterocycles. The van der Waals surface area contributed by atoms with Gasteiger partial charge in [0.15, 0.2) is 10.6 Å². The van der Waals surface area contributed by atoms with Gasteiger partial charge in [-0.2, -0.15) is 0 Å². The summed E-state index contributed by atoms with van der Waals surface area (Å²) < 4.78 is 15.6. The third-order valence-corrected chi connectivity index (χ3v) is 10.7. The van der Waals surface area contributed by atoms with E-state index >= 15 is 0 Å². The van der Waals surface area contributed by atoms with Crippen LogP contribution >= 0.6 is 23.1 Å². The van der Waals surface area contributed by atoms with Crippen LogP contribution in [-0.2, 0) is 32.2 Å². The topological polar surface area (TPSA) is 118 Å². The number of aromatic nitrogens is 1. The summed E-state index contributed by atoms with van der Waals surface area (Å²) in [6, 6.07) is 32.3. The van der Waals surface area contributed by atoms with Crippen LogP contribution in [0.3, 0.4) is 0 Å². The predicted molar refractivity (Wildman–Crippen MR) is 189 cm³/mol. The van der Waals surface area contributed by atoms with Gasteiger partial charge in [0.1, 0.15) is 0 Å². The number of amides is 1. The molecule has 6 rings (SSSR count). The minimum Gasteiger partial charge on any atom is -0.481 e. The molecule has 1 fully saturated rings. The van der Waals surface area contributed by atoms with Crippen LogP contribution in [0.5, 0.6) is 0 Å². The first-order valence-corrected chi connectivity index (χ1v) is 17.8. The third-order valence-electron chi connectivity index (χ3n) is 8.47. The second-order valence-corrected chi connectivity index (χ2v) is 14.2. The lowest BCUT2D eigenvalue weighted by Gasteiger charge is -2.41. The molecule has 0 saturated carbocycles. The normalized spacial score (nSPS) is 19.3. The number of nitrogens with zero attached hydrogens (tertiary/aromatic N) is 1. The predicted octanol–water partition coefficient (Wildman–Crippen LogP) is 7.91. The standard InChI is InChI=1S/C38H38N2O6S2/c1-24-32(23-47-38-40-31-11-2-3-12-33(31)48-38)45-37(46-36(24)27-17-15-25(22-41)16-18-27)30-10-5-9-29(20-30)28-8-4-7-26(19-28)21-39-34(42)13-6-14-35(43)44/h2-5,7-12,15-20,24,32,36-37,41H,6,13-14,21-23H2,1H3,(H,39,42)(H,43,44). The molecule has 0 bridgehead atoms. The number of ether oxygens (including phenoxy) is 2. The van der Waals surface area contributed by atoms with Crippen LogP contribution in [0, 0.1) is 5.92 Å². The Morgan fingerprint density at radius 2 is 1.65 bits per heavy atom. The number of aliphatic hydroxyl groups excluding tert-OH is 1. The lowest BCUT2D eigenvalue weighted by molar-refractivity contribution is -0.268. The van der Waals surface area contributed by atoms with Crippen molar-refractivity contribution in [2.45, 2.75) is 62.2 Å². The molecule has 4 aromatic carbocycles. The number of aliphatic hydroxyl groups is 1. The van der Waals surface area contributed by atoms with Crippen molar-refractivity contribution in [1.29, 1.82) is 0 Å². The molecule has 0 spiro atoms. The largest absolute Gasteiger partial charge is 0.481 e. The number of carbonyl (C=O) groups excluding carboxylic acids is 1. The van der Waals surface area contributed by atoms with Crippen LogP contribution in [0.25, 0.3) is 21.3 Å². The number of rotatable bonds is 13. The maximum Gasteiger partial charge on any atom is 0.303 e. The quantitative estimate of drug-likeness (QED) is 0.107. The first-order valence-electron chi connectivity index (χ1n) is 16.0. The van der Waals surface area contributed by atoms with E-state index in [4.69, 9.17) is 19.6 Å². The molecule has 3 N–H and O–H groups in total. The van der Waals surface area contributed by atoms with Crippen LogP contribution in [-0.4, -0.2) is 38.9 Å². The fraction of sp³-hybridized carbons (Fsp3) is 0.289. The van der Waals surface area contributed by atoms with Crippen molar-refractivity contribution in [3.05, 3.63) is 119 Å². The van der Waals surface area contributed by atoms with Gasteiger partial charge in [0.25, 0.3) is 0 Å². The molecule has 1 aliphatic heterocycles. The number of carboxylic acids is 1. The summed E-state index contributed by atoms with van der Waals surface area (Å²) in [5.41, 5.74) is 6.74. The van der Waals surface area contributed by atoms with Crippen LogP contribution in [0.2, 0.25) is 0 Å². The zero-order chi connectivity index (χ0) is 33.5. The number of carboxylic acid groups (broad SMARTS) is 1. The smallest absolute Gasteiger partial charge is 0.303 e. The molecule has 1 saturated heterocycles. The molecule has 1 aliphatic rings. The Morgan fingerprint density at radius 3 is 2.42 bits per heavy atom. The molecule has 4 atom stereocenters. The van der Waals surface area contributed by atoms with Crippen molar-refractivity contribution in [2.75, 3.05) is 5.75 Å². The average molecular weight is 683 g/mol. The minimum absolute atomic E-state index is 0.0122. The Balaban J connectivity index is 1.20. The van der Waals surface area contributed by atoms with E-state index in [0.717, 1.165) is 49.0 Å². The van der Waals surface area contributed by atoms with Crippen LogP contribution < -0.4 is 5.32 Å². The Hall–Kier alpha value is -4.06. The summed E-state index contributed by atoms with van der Waals surface area (Å²) in [5.74, 6) is -0.291. The number of nitrogens with one attached hydrogen (secondary N) is 1. The molecule has 10 heteroatoms. The first-order chi connectivity index (χ1) is 23.4. The summed E-state index contributed by atoms with van der Waals surface area (Å²) in [7, 11) is 0. The molecule has 1 amide bonds. The van der Waals surface area contributed by atoms with E-state index in [1.807, 2.05) is 84.9 Å². The molecular weight excluding hydrogens is 645 g/mol. The van der Waals surface area contributed by atoms with E-state index in [-0.39, 0.29) is 43.5 Å². The summed E-state index contributed by atoms with van der Waals surface area (Å²) >= 11 is 3.40. The Morgan fingerprint density at radius 1 is 0.875 bits per heavy atom. The number of aliphatic carboxylic acids is 1. The van der Waals surface area contributed by atoms with Gasteiger partial charge >= 0.3 is 5.97 Å². The Kier molecular flexibility index (Phi) is 11.2. The van der Waals surface area contributed by atoms with E-state index in [2.05, 4.69) is 24.4 Å². The number of para-hydroxylation sites is 1. The number of thioether (sulfide) groups is 1. The van der Waals surface area contributed by atoms with Crippen molar-refractivity contribution < 1.29 is 29.3 Å². The van der Waals surface area contributed by atoms with Gasteiger partial charge in [-0.25, -0.2) is 4.98 Å². The van der Waals surface area contributed by atoms with Crippen LogP contribution in [0.1, 0.15) is 60.8 Å². The van der Waals surface area contributed by atoms with E-state index < -0.39 is 12.3 Å². The van der Waals surface area contributed by atoms with E-state index in [1.54, 1.807) is 23.1 Å². The highest BCUT2D eigenvalue weighted by atomic mass is 32.2. The molecule has 0 radical (unpaired) electrons. The molecule has 248 valence electrons. The van der Waals surface area contributed by atoms with Crippen LogP contribution in [0.4, 0.5) is 0 Å². The van der Waals surface area contributed by atoms with Crippen molar-refractivity contribution in [3.8, 4) is 11.1 Å². The summed E-state index contributed by atoms with van der Waals surface area (Å²) in [5, 5.41) is 21.3.